The molecular formula is C20H16BrN. The molecule has 4 aromatic rings. The molecule has 0 N–H and O–H groups in total. The molecule has 1 nitrogen and oxygen atoms in total. The van der Waals surface area contributed by atoms with Gasteiger partial charge in [0, 0.05) is 15.2 Å². The van der Waals surface area contributed by atoms with Crippen LogP contribution < -0.4 is 0 Å². The smallest absolute Gasteiger partial charge is 0.0541 e. The van der Waals surface area contributed by atoms with Crippen LogP contribution in [0.4, 0.5) is 0 Å². The molecule has 3 aromatic carbocycles. The van der Waals surface area contributed by atoms with Gasteiger partial charge < -0.3 is 4.57 Å². The number of fused-ring (bicyclic) bond motifs is 3. The predicted molar refractivity (Wildman–Crippen MR) is 98.0 cm³/mol. The molecule has 0 saturated heterocycles. The van der Waals surface area contributed by atoms with E-state index in [1.54, 1.807) is 0 Å². The van der Waals surface area contributed by atoms with Crippen molar-refractivity contribution >= 4 is 37.7 Å². The summed E-state index contributed by atoms with van der Waals surface area (Å²) in [7, 11) is 0. The maximum absolute atomic E-state index is 3.60. The maximum Gasteiger partial charge on any atom is 0.0541 e. The van der Waals surface area contributed by atoms with E-state index in [9.17, 15) is 0 Å². The van der Waals surface area contributed by atoms with Gasteiger partial charge in [0.1, 0.15) is 0 Å². The third kappa shape index (κ3) is 1.91. The van der Waals surface area contributed by atoms with E-state index in [2.05, 4.69) is 95.0 Å². The summed E-state index contributed by atoms with van der Waals surface area (Å²) < 4.78 is 3.52. The van der Waals surface area contributed by atoms with Crippen LogP contribution in [0.15, 0.2) is 65.1 Å². The first-order valence-corrected chi connectivity index (χ1v) is 8.21. The zero-order valence-corrected chi connectivity index (χ0v) is 14.2. The van der Waals surface area contributed by atoms with Gasteiger partial charge in [-0.1, -0.05) is 52.3 Å². The number of rotatable bonds is 1. The fourth-order valence-corrected chi connectivity index (χ4v) is 4.11. The third-order valence-corrected chi connectivity index (χ3v) is 4.72. The highest BCUT2D eigenvalue weighted by molar-refractivity contribution is 9.10. The van der Waals surface area contributed by atoms with Gasteiger partial charge in [-0.05, 0) is 49.2 Å². The van der Waals surface area contributed by atoms with Crippen LogP contribution in [0.25, 0.3) is 27.5 Å². The number of halogens is 1. The fourth-order valence-electron chi connectivity index (χ4n) is 3.42. The van der Waals surface area contributed by atoms with Gasteiger partial charge >= 0.3 is 0 Å². The van der Waals surface area contributed by atoms with Gasteiger partial charge in [0.25, 0.3) is 0 Å². The largest absolute Gasteiger partial charge is 0.309 e. The Kier molecular flexibility index (Phi) is 3.08. The van der Waals surface area contributed by atoms with Crippen molar-refractivity contribution in [2.24, 2.45) is 0 Å². The number of nitrogens with zero attached hydrogens (tertiary/aromatic N) is 1. The maximum atomic E-state index is 3.60. The second-order valence-electron chi connectivity index (χ2n) is 5.76. The second kappa shape index (κ2) is 4.99. The van der Waals surface area contributed by atoms with Crippen molar-refractivity contribution in [3.63, 3.8) is 0 Å². The van der Waals surface area contributed by atoms with Crippen molar-refractivity contribution in [2.75, 3.05) is 0 Å². The lowest BCUT2D eigenvalue weighted by atomic mass is 10.1. The summed E-state index contributed by atoms with van der Waals surface area (Å²) in [5.74, 6) is 0. The van der Waals surface area contributed by atoms with E-state index in [1.807, 2.05) is 0 Å². The molecule has 2 heteroatoms. The monoisotopic (exact) mass is 349 g/mol. The quantitative estimate of drug-likeness (QED) is 0.387. The van der Waals surface area contributed by atoms with Gasteiger partial charge in [0.2, 0.25) is 0 Å². The lowest BCUT2D eigenvalue weighted by Crippen LogP contribution is -2.00. The Labute approximate surface area is 138 Å². The number of aromatic nitrogens is 1. The molecule has 0 atom stereocenters. The minimum absolute atomic E-state index is 1.13. The summed E-state index contributed by atoms with van der Waals surface area (Å²) in [5, 5.41) is 2.61. The molecule has 0 aliphatic carbocycles. The summed E-state index contributed by atoms with van der Waals surface area (Å²) in [6.07, 6.45) is 0. The van der Waals surface area contributed by atoms with Crippen molar-refractivity contribution in [3.05, 3.63) is 76.3 Å². The Hall–Kier alpha value is -2.06. The topological polar surface area (TPSA) is 4.93 Å². The van der Waals surface area contributed by atoms with Crippen molar-refractivity contribution in [1.29, 1.82) is 0 Å². The molecule has 0 aliphatic heterocycles. The van der Waals surface area contributed by atoms with Crippen LogP contribution in [-0.2, 0) is 0 Å². The first-order chi connectivity index (χ1) is 10.7. The molecule has 0 amide bonds. The van der Waals surface area contributed by atoms with Crippen LogP contribution in [0.2, 0.25) is 0 Å². The number of aryl methyl sites for hydroxylation is 2. The molecule has 1 heterocycles. The summed E-state index contributed by atoms with van der Waals surface area (Å²) in [6, 6.07) is 21.6. The second-order valence-corrected chi connectivity index (χ2v) is 6.67. The van der Waals surface area contributed by atoms with Crippen LogP contribution in [0.3, 0.4) is 0 Å². The zero-order valence-electron chi connectivity index (χ0n) is 12.6. The number of para-hydroxylation sites is 2. The minimum atomic E-state index is 1.13. The lowest BCUT2D eigenvalue weighted by Gasteiger charge is -2.15. The molecule has 108 valence electrons. The van der Waals surface area contributed by atoms with Crippen molar-refractivity contribution in [1.82, 2.24) is 4.57 Å². The molecule has 0 fully saturated rings. The lowest BCUT2D eigenvalue weighted by molar-refractivity contribution is 1.12. The molecule has 0 aliphatic rings. The molecular weight excluding hydrogens is 334 g/mol. The molecule has 1 aromatic heterocycles. The van der Waals surface area contributed by atoms with Crippen molar-refractivity contribution < 1.29 is 0 Å². The van der Waals surface area contributed by atoms with Crippen LogP contribution in [0.5, 0.6) is 0 Å². The van der Waals surface area contributed by atoms with E-state index in [1.165, 1.54) is 38.6 Å². The van der Waals surface area contributed by atoms with Gasteiger partial charge in [-0.3, -0.25) is 0 Å². The van der Waals surface area contributed by atoms with E-state index in [0.717, 1.165) is 4.47 Å². The van der Waals surface area contributed by atoms with Crippen LogP contribution >= 0.6 is 15.9 Å². The average molecular weight is 350 g/mol. The molecule has 0 radical (unpaired) electrons. The number of benzene rings is 3. The first-order valence-electron chi connectivity index (χ1n) is 7.42. The first kappa shape index (κ1) is 13.6. The van der Waals surface area contributed by atoms with Gasteiger partial charge in [0.05, 0.1) is 16.7 Å². The van der Waals surface area contributed by atoms with Crippen LogP contribution in [0, 0.1) is 13.8 Å². The highest BCUT2D eigenvalue weighted by Gasteiger charge is 2.14. The Bertz CT molecular complexity index is 935. The van der Waals surface area contributed by atoms with Crippen LogP contribution in [-0.4, -0.2) is 4.57 Å². The molecule has 4 rings (SSSR count). The summed E-state index contributed by atoms with van der Waals surface area (Å²) in [6.45, 7) is 4.35. The van der Waals surface area contributed by atoms with E-state index in [4.69, 9.17) is 0 Å². The molecule has 0 unspecified atom stereocenters. The number of hydrogen-bond donors (Lipinski definition) is 0. The Balaban J connectivity index is 2.23. The molecule has 0 saturated carbocycles. The van der Waals surface area contributed by atoms with Gasteiger partial charge in [-0.2, -0.15) is 0 Å². The normalized spacial score (nSPS) is 11.4. The average Bonchev–Trinajstić information content (AvgIpc) is 2.82. The highest BCUT2D eigenvalue weighted by Crippen LogP contribution is 2.34. The SMILES string of the molecule is Cc1cc(Br)cc(C)c1-n1c2ccccc2c2ccccc21. The minimum Gasteiger partial charge on any atom is -0.309 e. The van der Waals surface area contributed by atoms with E-state index in [0.29, 0.717) is 0 Å². The van der Waals surface area contributed by atoms with Crippen molar-refractivity contribution in [2.45, 2.75) is 13.8 Å². The van der Waals surface area contributed by atoms with E-state index >= 15 is 0 Å². The Morgan fingerprint density at radius 1 is 0.727 bits per heavy atom. The standard InChI is InChI=1S/C20H16BrN/c1-13-11-15(21)12-14(2)20(13)22-18-9-5-3-7-16(18)17-8-4-6-10-19(17)22/h3-12H,1-2H3. The van der Waals surface area contributed by atoms with Gasteiger partial charge in [-0.15, -0.1) is 0 Å². The predicted octanol–water partition coefficient (Wildman–Crippen LogP) is 6.16. The van der Waals surface area contributed by atoms with Gasteiger partial charge in [0.15, 0.2) is 0 Å². The van der Waals surface area contributed by atoms with E-state index in [-0.39, 0.29) is 0 Å². The molecule has 0 spiro atoms. The number of hydrogen-bond acceptors (Lipinski definition) is 0. The molecule has 22 heavy (non-hydrogen) atoms. The van der Waals surface area contributed by atoms with Crippen LogP contribution in [0.1, 0.15) is 11.1 Å². The molecule has 0 bridgehead atoms. The van der Waals surface area contributed by atoms with Crippen molar-refractivity contribution in [3.8, 4) is 5.69 Å². The van der Waals surface area contributed by atoms with E-state index < -0.39 is 0 Å². The summed E-state index contributed by atoms with van der Waals surface area (Å²) in [5.41, 5.74) is 6.35. The summed E-state index contributed by atoms with van der Waals surface area (Å²) in [4.78, 5) is 0. The third-order valence-electron chi connectivity index (χ3n) is 4.26. The summed E-state index contributed by atoms with van der Waals surface area (Å²) >= 11 is 3.60. The highest BCUT2D eigenvalue weighted by atomic mass is 79.9. The zero-order chi connectivity index (χ0) is 15.3. The fraction of sp³-hybridized carbons (Fsp3) is 0.100. The Morgan fingerprint density at radius 2 is 1.18 bits per heavy atom. The Morgan fingerprint density at radius 3 is 1.68 bits per heavy atom. The van der Waals surface area contributed by atoms with Gasteiger partial charge in [-0.25, -0.2) is 0 Å².